The van der Waals surface area contributed by atoms with Gasteiger partial charge in [0.05, 0.1) is 43.9 Å². The molecule has 13 heteroatoms. The monoisotopic (exact) mass is 624 g/mol. The number of nitrogens with one attached hydrogen (secondary N) is 2. The number of hydrogen-bond acceptors (Lipinski definition) is 12. The Balaban J connectivity index is 1.58. The highest BCUT2D eigenvalue weighted by molar-refractivity contribution is 6.15. The first-order chi connectivity index (χ1) is 21.7. The second-order valence-corrected chi connectivity index (χ2v) is 11.9. The van der Waals surface area contributed by atoms with E-state index < -0.39 is 11.7 Å². The molecular weight excluding hydrogens is 576 g/mol. The first-order valence-corrected chi connectivity index (χ1v) is 15.6. The van der Waals surface area contributed by atoms with Crippen molar-refractivity contribution in [2.45, 2.75) is 64.8 Å². The van der Waals surface area contributed by atoms with Gasteiger partial charge in [0.2, 0.25) is 0 Å². The van der Waals surface area contributed by atoms with Gasteiger partial charge in [-0.3, -0.25) is 9.98 Å². The van der Waals surface area contributed by atoms with Gasteiger partial charge in [-0.25, -0.2) is 9.78 Å². The minimum atomic E-state index is -0.549. The van der Waals surface area contributed by atoms with Crippen molar-refractivity contribution in [2.75, 3.05) is 57.6 Å². The average molecular weight is 625 g/mol. The number of aromatic nitrogens is 2. The molecule has 1 unspecified atom stereocenters. The number of anilines is 1. The van der Waals surface area contributed by atoms with Gasteiger partial charge < -0.3 is 45.9 Å². The number of hydrogen-bond donors (Lipinski definition) is 4. The van der Waals surface area contributed by atoms with Gasteiger partial charge in [-0.15, -0.1) is 0 Å². The third kappa shape index (κ3) is 9.77. The van der Waals surface area contributed by atoms with Crippen molar-refractivity contribution in [2.24, 2.45) is 16.5 Å². The molecule has 4 heterocycles. The second-order valence-electron chi connectivity index (χ2n) is 11.9. The molecule has 4 rings (SSSR count). The number of ether oxygens (including phenoxy) is 4. The minimum Gasteiger partial charge on any atom is -0.444 e. The van der Waals surface area contributed by atoms with Gasteiger partial charge in [-0.2, -0.15) is 0 Å². The van der Waals surface area contributed by atoms with Crippen molar-refractivity contribution in [3.05, 3.63) is 48.1 Å². The first kappa shape index (κ1) is 33.9. The lowest BCUT2D eigenvalue weighted by Gasteiger charge is -2.34. The molecule has 2 fully saturated rings. The number of carbonyl (C=O) groups excluding carboxylic acids is 1. The van der Waals surface area contributed by atoms with E-state index in [0.29, 0.717) is 69.6 Å². The molecule has 6 N–H and O–H groups in total. The summed E-state index contributed by atoms with van der Waals surface area (Å²) in [5, 5.41) is 6.96. The summed E-state index contributed by atoms with van der Waals surface area (Å²) in [5.74, 6) is 0.790. The molecule has 45 heavy (non-hydrogen) atoms. The summed E-state index contributed by atoms with van der Waals surface area (Å²) >= 11 is 0. The summed E-state index contributed by atoms with van der Waals surface area (Å²) in [7, 11) is 0. The quantitative estimate of drug-likeness (QED) is 0.202. The second kappa shape index (κ2) is 16.4. The molecule has 0 saturated carbocycles. The molecule has 2 aromatic heterocycles. The lowest BCUT2D eigenvalue weighted by Crippen LogP contribution is -2.44. The normalized spacial score (nSPS) is 20.0. The highest BCUT2D eigenvalue weighted by Gasteiger charge is 2.24. The molecule has 2 aromatic rings. The number of fused-ring (bicyclic) bond motifs is 1. The van der Waals surface area contributed by atoms with Crippen LogP contribution >= 0.6 is 0 Å². The van der Waals surface area contributed by atoms with Gasteiger partial charge >= 0.3 is 6.09 Å². The van der Waals surface area contributed by atoms with E-state index in [-0.39, 0.29) is 12.3 Å². The average Bonchev–Trinajstić information content (AvgIpc) is 3.01. The Bertz CT molecular complexity index is 1370. The Kier molecular flexibility index (Phi) is 12.4. The summed E-state index contributed by atoms with van der Waals surface area (Å²) in [6.45, 7) is 11.7. The number of aliphatic imine (C=N–C) groups is 1. The molecular formula is C32H48N8O5. The molecule has 0 aromatic carbocycles. The van der Waals surface area contributed by atoms with Crippen LogP contribution in [0.5, 0.6) is 0 Å². The smallest absolute Gasteiger partial charge is 0.407 e. The zero-order chi connectivity index (χ0) is 32.2. The number of pyridine rings is 2. The highest BCUT2D eigenvalue weighted by atomic mass is 16.6. The summed E-state index contributed by atoms with van der Waals surface area (Å²) in [5.41, 5.74) is 15.0. The Morgan fingerprint density at radius 2 is 2.00 bits per heavy atom. The zero-order valence-electron chi connectivity index (χ0n) is 26.9. The number of alkyl carbamates (subject to hydrolysis) is 1. The summed E-state index contributed by atoms with van der Waals surface area (Å²) in [6.07, 6.45) is 8.70. The molecule has 2 aliphatic heterocycles. The van der Waals surface area contributed by atoms with Gasteiger partial charge in [-0.05, 0) is 71.4 Å². The molecule has 1 amide bonds. The van der Waals surface area contributed by atoms with E-state index in [1.807, 2.05) is 32.9 Å². The predicted molar refractivity (Wildman–Crippen MR) is 176 cm³/mol. The SMILES string of the molecule is C[C@@H]1COCCN1c1cc(/C(=C/N)NCCOCCNC(=O)OC(C)(C)C)c2ccnc(C(/C=C\N)=N\C3CCCCO3)c2n1. The third-order valence-electron chi connectivity index (χ3n) is 7.24. The number of amides is 1. The van der Waals surface area contributed by atoms with Crippen LogP contribution in [0.2, 0.25) is 0 Å². The Labute approximate surface area is 265 Å². The fraction of sp³-hybridized carbons (Fsp3) is 0.562. The Hall–Kier alpha value is -3.94. The largest absolute Gasteiger partial charge is 0.444 e. The molecule has 246 valence electrons. The van der Waals surface area contributed by atoms with Crippen molar-refractivity contribution in [1.82, 2.24) is 20.6 Å². The number of morpholine rings is 1. The van der Waals surface area contributed by atoms with Crippen LogP contribution in [0.15, 0.2) is 41.8 Å². The minimum absolute atomic E-state index is 0.130. The lowest BCUT2D eigenvalue weighted by molar-refractivity contribution is 0.0224. The standard InChI is InChI=1S/C32H48N8O5/c1-22-21-43-18-14-40(22)27-19-24(26(20-34)35-12-16-42-17-13-37-31(41)45-32(2,3)4)23-9-11-36-30(29(23)39-27)25(8-10-33)38-28-7-5-6-15-44-28/h8-11,19-20,22,28,35H,5-7,12-18,21,33-34H2,1-4H3,(H,37,41)/b10-8-,26-20-,38-25-/t22-,28?/m1/s1. The van der Waals surface area contributed by atoms with Gasteiger partial charge in [0.15, 0.2) is 0 Å². The Morgan fingerprint density at radius 3 is 2.69 bits per heavy atom. The van der Waals surface area contributed by atoms with E-state index in [2.05, 4.69) is 22.5 Å². The van der Waals surface area contributed by atoms with E-state index in [0.717, 1.165) is 41.7 Å². The number of nitrogens with two attached hydrogens (primary N) is 2. The van der Waals surface area contributed by atoms with E-state index in [9.17, 15) is 4.79 Å². The molecule has 0 spiro atoms. The van der Waals surface area contributed by atoms with Gasteiger partial charge in [0.1, 0.15) is 28.9 Å². The first-order valence-electron chi connectivity index (χ1n) is 15.6. The van der Waals surface area contributed by atoms with Gasteiger partial charge in [0, 0.05) is 49.6 Å². The number of allylic oxidation sites excluding steroid dienone is 1. The van der Waals surface area contributed by atoms with Crippen molar-refractivity contribution in [3.63, 3.8) is 0 Å². The van der Waals surface area contributed by atoms with Crippen LogP contribution in [0.25, 0.3) is 16.6 Å². The molecule has 0 bridgehead atoms. The number of rotatable bonds is 12. The van der Waals surface area contributed by atoms with Crippen LogP contribution < -0.4 is 27.0 Å². The van der Waals surface area contributed by atoms with Gasteiger partial charge in [0.25, 0.3) is 0 Å². The Morgan fingerprint density at radius 1 is 1.20 bits per heavy atom. The predicted octanol–water partition coefficient (Wildman–Crippen LogP) is 3.03. The molecule has 2 atom stereocenters. The van der Waals surface area contributed by atoms with Crippen LogP contribution in [-0.2, 0) is 18.9 Å². The maximum Gasteiger partial charge on any atom is 0.407 e. The fourth-order valence-electron chi connectivity index (χ4n) is 5.16. The van der Waals surface area contributed by atoms with Gasteiger partial charge in [-0.1, -0.05) is 0 Å². The van der Waals surface area contributed by atoms with Crippen molar-refractivity contribution < 1.29 is 23.7 Å². The molecule has 0 radical (unpaired) electrons. The van der Waals surface area contributed by atoms with Crippen LogP contribution in [0.4, 0.5) is 10.6 Å². The maximum absolute atomic E-state index is 11.8. The van der Waals surface area contributed by atoms with E-state index in [4.69, 9.17) is 45.4 Å². The van der Waals surface area contributed by atoms with Crippen molar-refractivity contribution in [3.8, 4) is 0 Å². The zero-order valence-corrected chi connectivity index (χ0v) is 26.9. The number of nitrogens with zero attached hydrogens (tertiary/aromatic N) is 4. The van der Waals surface area contributed by atoms with Crippen LogP contribution in [0.3, 0.4) is 0 Å². The molecule has 2 saturated heterocycles. The molecule has 0 aliphatic carbocycles. The lowest BCUT2D eigenvalue weighted by atomic mass is 10.0. The molecule has 2 aliphatic rings. The van der Waals surface area contributed by atoms with Crippen LogP contribution in [0.1, 0.15) is 58.2 Å². The fourth-order valence-corrected chi connectivity index (χ4v) is 5.16. The number of carbonyl (C=O) groups is 1. The van der Waals surface area contributed by atoms with Crippen LogP contribution in [0, 0.1) is 0 Å². The van der Waals surface area contributed by atoms with Crippen LogP contribution in [-0.4, -0.2) is 92.3 Å². The topological polar surface area (TPSA) is 171 Å². The summed E-state index contributed by atoms with van der Waals surface area (Å²) in [4.78, 5) is 28.8. The highest BCUT2D eigenvalue weighted by Crippen LogP contribution is 2.30. The van der Waals surface area contributed by atoms with E-state index >= 15 is 0 Å². The van der Waals surface area contributed by atoms with E-state index in [1.165, 1.54) is 6.20 Å². The summed E-state index contributed by atoms with van der Waals surface area (Å²) < 4.78 is 22.6. The maximum atomic E-state index is 11.8. The van der Waals surface area contributed by atoms with Crippen molar-refractivity contribution in [1.29, 1.82) is 0 Å². The third-order valence-corrected chi connectivity index (χ3v) is 7.24. The molecule has 13 nitrogen and oxygen atoms in total. The van der Waals surface area contributed by atoms with Crippen molar-refractivity contribution >= 4 is 34.2 Å². The summed E-state index contributed by atoms with van der Waals surface area (Å²) in [6, 6.07) is 4.11. The van der Waals surface area contributed by atoms with E-state index in [1.54, 1.807) is 18.5 Å².